The van der Waals surface area contributed by atoms with Gasteiger partial charge in [-0.05, 0) is 42.8 Å². The van der Waals surface area contributed by atoms with E-state index in [9.17, 15) is 9.59 Å². The Morgan fingerprint density at radius 3 is 2.34 bits per heavy atom. The third-order valence-electron chi connectivity index (χ3n) is 4.75. The zero-order chi connectivity index (χ0) is 22.9. The number of nitrogens with one attached hydrogen (secondary N) is 2. The fourth-order valence-electron chi connectivity index (χ4n) is 3.09. The fraction of sp³-hybridized carbons (Fsp3) is 0.292. The molecule has 3 aromatic rings. The van der Waals surface area contributed by atoms with Crippen molar-refractivity contribution in [1.29, 1.82) is 0 Å². The van der Waals surface area contributed by atoms with Crippen molar-refractivity contribution < 1.29 is 23.8 Å². The van der Waals surface area contributed by atoms with Crippen LogP contribution in [0, 0.1) is 0 Å². The third-order valence-corrected chi connectivity index (χ3v) is 4.75. The number of aromatic nitrogens is 1. The van der Waals surface area contributed by atoms with E-state index in [2.05, 4.69) is 15.6 Å². The Labute approximate surface area is 186 Å². The molecule has 0 unspecified atom stereocenters. The Morgan fingerprint density at radius 1 is 0.938 bits per heavy atom. The predicted molar refractivity (Wildman–Crippen MR) is 123 cm³/mol. The highest BCUT2D eigenvalue weighted by atomic mass is 16.5. The first kappa shape index (κ1) is 22.9. The second-order valence-corrected chi connectivity index (χ2v) is 7.09. The van der Waals surface area contributed by atoms with Gasteiger partial charge in [-0.25, -0.2) is 0 Å². The van der Waals surface area contributed by atoms with E-state index in [-0.39, 0.29) is 18.2 Å². The maximum Gasteiger partial charge on any atom is 0.233 e. The molecule has 2 aromatic carbocycles. The van der Waals surface area contributed by atoms with Crippen LogP contribution >= 0.6 is 0 Å². The number of hydrogen-bond acceptors (Lipinski definition) is 6. The summed E-state index contributed by atoms with van der Waals surface area (Å²) in [6.45, 7) is 2.62. The smallest absolute Gasteiger partial charge is 0.233 e. The molecule has 0 saturated carbocycles. The molecule has 8 heteroatoms. The molecule has 0 saturated heterocycles. The molecule has 2 amide bonds. The van der Waals surface area contributed by atoms with Crippen LogP contribution < -0.4 is 24.8 Å². The normalized spacial score (nSPS) is 10.5. The summed E-state index contributed by atoms with van der Waals surface area (Å²) in [5.41, 5.74) is 1.29. The molecule has 1 heterocycles. The molecule has 0 radical (unpaired) electrons. The van der Waals surface area contributed by atoms with Crippen LogP contribution in [0.15, 0.2) is 48.7 Å². The van der Waals surface area contributed by atoms with Crippen LogP contribution in [0.2, 0.25) is 0 Å². The minimum Gasteiger partial charge on any atom is -0.493 e. The number of rotatable bonds is 10. The number of carbonyl (C=O) groups is 2. The van der Waals surface area contributed by atoms with E-state index in [1.54, 1.807) is 56.8 Å². The van der Waals surface area contributed by atoms with E-state index in [4.69, 9.17) is 14.2 Å². The Bertz CT molecular complexity index is 1080. The summed E-state index contributed by atoms with van der Waals surface area (Å²) in [4.78, 5) is 28.2. The maximum atomic E-state index is 12.1. The lowest BCUT2D eigenvalue weighted by molar-refractivity contribution is -0.126. The van der Waals surface area contributed by atoms with Gasteiger partial charge in [0, 0.05) is 29.9 Å². The minimum absolute atomic E-state index is 0.212. The lowest BCUT2D eigenvalue weighted by atomic mass is 10.2. The molecule has 0 spiro atoms. The quantitative estimate of drug-likeness (QED) is 0.363. The number of ether oxygens (including phenoxy) is 3. The number of methoxy groups -OCH3 is 2. The summed E-state index contributed by atoms with van der Waals surface area (Å²) < 4.78 is 16.7. The van der Waals surface area contributed by atoms with E-state index in [0.717, 1.165) is 18.2 Å². The molecular weight excluding hydrogens is 410 g/mol. The van der Waals surface area contributed by atoms with E-state index >= 15 is 0 Å². The molecule has 0 aliphatic heterocycles. The molecular formula is C24H27N3O5. The average molecular weight is 437 g/mol. The van der Waals surface area contributed by atoms with E-state index < -0.39 is 0 Å². The van der Waals surface area contributed by atoms with Gasteiger partial charge in [-0.1, -0.05) is 13.3 Å². The molecule has 8 nitrogen and oxygen atoms in total. The van der Waals surface area contributed by atoms with E-state index in [0.29, 0.717) is 40.7 Å². The number of amides is 2. The predicted octanol–water partition coefficient (Wildman–Crippen LogP) is 4.29. The Balaban J connectivity index is 1.66. The zero-order valence-electron chi connectivity index (χ0n) is 18.4. The standard InChI is InChI=1S/C24H27N3O5/c1-4-5-11-26-23(28)15-24(29)27-16-6-8-17(9-7-16)32-20-10-12-25-19-14-22(31-3)21(30-2)13-18(19)20/h6-10,12-14H,4-5,11,15H2,1-3H3,(H,26,28)(H,27,29). The van der Waals surface area contributed by atoms with Crippen LogP contribution in [0.4, 0.5) is 5.69 Å². The summed E-state index contributed by atoms with van der Waals surface area (Å²) in [5, 5.41) is 6.22. The molecule has 0 fully saturated rings. The van der Waals surface area contributed by atoms with Crippen molar-refractivity contribution >= 4 is 28.4 Å². The van der Waals surface area contributed by atoms with Gasteiger partial charge in [-0.2, -0.15) is 0 Å². The molecule has 168 valence electrons. The molecule has 1 aromatic heterocycles. The van der Waals surface area contributed by atoms with Gasteiger partial charge in [0.15, 0.2) is 11.5 Å². The summed E-state index contributed by atoms with van der Waals surface area (Å²) in [6, 6.07) is 12.3. The SMILES string of the molecule is CCCCNC(=O)CC(=O)Nc1ccc(Oc2ccnc3cc(OC)c(OC)cc23)cc1. The Kier molecular flexibility index (Phi) is 7.85. The summed E-state index contributed by atoms with van der Waals surface area (Å²) in [7, 11) is 3.14. The minimum atomic E-state index is -0.367. The second kappa shape index (κ2) is 11.0. The molecule has 0 atom stereocenters. The lowest BCUT2D eigenvalue weighted by Crippen LogP contribution is -2.28. The molecule has 0 bridgehead atoms. The third kappa shape index (κ3) is 5.87. The highest BCUT2D eigenvalue weighted by molar-refractivity contribution is 6.03. The Hall–Kier alpha value is -3.81. The van der Waals surface area contributed by atoms with Crippen molar-refractivity contribution in [2.24, 2.45) is 0 Å². The molecule has 0 aliphatic rings. The maximum absolute atomic E-state index is 12.1. The van der Waals surface area contributed by atoms with Gasteiger partial charge in [0.1, 0.15) is 17.9 Å². The van der Waals surface area contributed by atoms with Crippen LogP contribution in [-0.2, 0) is 9.59 Å². The van der Waals surface area contributed by atoms with Crippen molar-refractivity contribution in [2.75, 3.05) is 26.1 Å². The number of pyridine rings is 1. The van der Waals surface area contributed by atoms with E-state index in [1.807, 2.05) is 13.0 Å². The first-order valence-corrected chi connectivity index (χ1v) is 10.4. The van der Waals surface area contributed by atoms with Gasteiger partial charge < -0.3 is 24.8 Å². The number of fused-ring (bicyclic) bond motifs is 1. The summed E-state index contributed by atoms with van der Waals surface area (Å²) >= 11 is 0. The number of carbonyl (C=O) groups excluding carboxylic acids is 2. The van der Waals surface area contributed by atoms with Gasteiger partial charge in [-0.15, -0.1) is 0 Å². The number of unbranched alkanes of at least 4 members (excludes halogenated alkanes) is 1. The van der Waals surface area contributed by atoms with E-state index in [1.165, 1.54) is 0 Å². The highest BCUT2D eigenvalue weighted by Gasteiger charge is 2.12. The summed E-state index contributed by atoms with van der Waals surface area (Å²) in [5.74, 6) is 1.71. The zero-order valence-corrected chi connectivity index (χ0v) is 18.4. The molecule has 2 N–H and O–H groups in total. The van der Waals surface area contributed by atoms with Crippen molar-refractivity contribution in [2.45, 2.75) is 26.2 Å². The highest BCUT2D eigenvalue weighted by Crippen LogP contribution is 2.36. The monoisotopic (exact) mass is 437 g/mol. The largest absolute Gasteiger partial charge is 0.493 e. The first-order chi connectivity index (χ1) is 15.5. The summed E-state index contributed by atoms with van der Waals surface area (Å²) in [6.07, 6.45) is 3.32. The fourth-order valence-corrected chi connectivity index (χ4v) is 3.09. The number of anilines is 1. The number of hydrogen-bond donors (Lipinski definition) is 2. The topological polar surface area (TPSA) is 98.8 Å². The van der Waals surface area contributed by atoms with Gasteiger partial charge in [0.25, 0.3) is 0 Å². The number of nitrogens with zero attached hydrogens (tertiary/aromatic N) is 1. The second-order valence-electron chi connectivity index (χ2n) is 7.09. The Morgan fingerprint density at radius 2 is 1.66 bits per heavy atom. The van der Waals surface area contributed by atoms with Crippen LogP contribution in [0.1, 0.15) is 26.2 Å². The molecule has 0 aliphatic carbocycles. The van der Waals surface area contributed by atoms with Crippen molar-refractivity contribution in [3.8, 4) is 23.0 Å². The van der Waals surface area contributed by atoms with Crippen molar-refractivity contribution in [1.82, 2.24) is 10.3 Å². The lowest BCUT2D eigenvalue weighted by Gasteiger charge is -2.12. The average Bonchev–Trinajstić information content (AvgIpc) is 2.79. The van der Waals surface area contributed by atoms with Crippen molar-refractivity contribution in [3.05, 3.63) is 48.7 Å². The van der Waals surface area contributed by atoms with Gasteiger partial charge in [0.2, 0.25) is 11.8 Å². The van der Waals surface area contributed by atoms with Crippen LogP contribution in [0.25, 0.3) is 10.9 Å². The van der Waals surface area contributed by atoms with Crippen molar-refractivity contribution in [3.63, 3.8) is 0 Å². The molecule has 3 rings (SSSR count). The van der Waals surface area contributed by atoms with Crippen LogP contribution in [-0.4, -0.2) is 37.6 Å². The van der Waals surface area contributed by atoms with Crippen LogP contribution in [0.5, 0.6) is 23.0 Å². The van der Waals surface area contributed by atoms with Gasteiger partial charge >= 0.3 is 0 Å². The molecule has 32 heavy (non-hydrogen) atoms. The first-order valence-electron chi connectivity index (χ1n) is 10.4. The van der Waals surface area contributed by atoms with Gasteiger partial charge in [-0.3, -0.25) is 14.6 Å². The van der Waals surface area contributed by atoms with Crippen LogP contribution in [0.3, 0.4) is 0 Å². The number of benzene rings is 2. The van der Waals surface area contributed by atoms with Gasteiger partial charge in [0.05, 0.1) is 19.7 Å².